The molecular weight excluding hydrogens is 191 g/mol. The Kier molecular flexibility index (Phi) is 4.86. The zero-order valence-corrected chi connectivity index (χ0v) is 11.0. The first-order valence-corrected chi connectivity index (χ1v) is 5.70. The number of carbonyl (C=O) groups is 1. The number of rotatable bonds is 4. The molecule has 0 aliphatic heterocycles. The summed E-state index contributed by atoms with van der Waals surface area (Å²) in [4.78, 5) is 12.0. The van der Waals surface area contributed by atoms with Gasteiger partial charge >= 0.3 is 0 Å². The van der Waals surface area contributed by atoms with Crippen molar-refractivity contribution < 1.29 is 4.79 Å². The lowest BCUT2D eigenvalue weighted by Crippen LogP contribution is -2.64. The van der Waals surface area contributed by atoms with Crippen molar-refractivity contribution >= 4 is 39.3 Å². The zero-order chi connectivity index (χ0) is 11.6. The van der Waals surface area contributed by atoms with Crippen LogP contribution in [0, 0.1) is 0 Å². The Hall–Kier alpha value is 0.175. The fraction of sp³-hybridized carbons (Fsp3) is 0.875. The van der Waals surface area contributed by atoms with Gasteiger partial charge in [-0.25, -0.2) is 12.5 Å². The molecule has 0 aromatic heterocycles. The van der Waals surface area contributed by atoms with E-state index in [1.54, 1.807) is 0 Å². The number of carbonyl (C=O) groups excluding carboxylic acids is 1. The molecule has 0 saturated heterocycles. The average molecular weight is 211 g/mol. The second-order valence-electron chi connectivity index (χ2n) is 5.38. The Morgan fingerprint density at radius 2 is 1.86 bits per heavy atom. The van der Waals surface area contributed by atoms with Crippen LogP contribution in [0.2, 0.25) is 13.6 Å². The zero-order valence-electron chi connectivity index (χ0n) is 10.1. The molecule has 1 unspecified atom stereocenters. The molecule has 2 nitrogen and oxygen atoms in total. The van der Waals surface area contributed by atoms with Gasteiger partial charge < -0.3 is 10.1 Å². The molecular formula is C8H20B3NOS. The number of thiol groups is 1. The lowest BCUT2D eigenvalue weighted by Gasteiger charge is -2.36. The van der Waals surface area contributed by atoms with Crippen LogP contribution in [0.4, 0.5) is 0 Å². The van der Waals surface area contributed by atoms with Gasteiger partial charge in [-0.05, 0) is 20.8 Å². The van der Waals surface area contributed by atoms with E-state index in [2.05, 4.69) is 38.6 Å². The van der Waals surface area contributed by atoms with Gasteiger partial charge in [0.2, 0.25) is 13.3 Å². The summed E-state index contributed by atoms with van der Waals surface area (Å²) in [5, 5.41) is 2.82. The predicted molar refractivity (Wildman–Crippen MR) is 72.8 cm³/mol. The average Bonchev–Trinajstić information content (AvgIpc) is 1.99. The SMILES string of the molecule is BC(BS)(NC(C)(C)C)C(=O)B(C)C. The molecule has 0 spiro atoms. The van der Waals surface area contributed by atoms with Crippen molar-refractivity contribution in [1.29, 1.82) is 0 Å². The molecule has 6 heteroatoms. The molecule has 78 valence electrons. The minimum Gasteiger partial charge on any atom is -0.314 e. The quantitative estimate of drug-likeness (QED) is 0.498. The summed E-state index contributed by atoms with van der Waals surface area (Å²) in [5.41, 5.74) is 0.157. The minimum atomic E-state index is -0.518. The molecule has 0 bridgehead atoms. The fourth-order valence-electron chi connectivity index (χ4n) is 1.64. The Morgan fingerprint density at radius 3 is 2.07 bits per heavy atom. The lowest BCUT2D eigenvalue weighted by atomic mass is 9.39. The van der Waals surface area contributed by atoms with Crippen molar-refractivity contribution in [2.45, 2.75) is 45.3 Å². The van der Waals surface area contributed by atoms with Gasteiger partial charge in [0.05, 0.1) is 5.68 Å². The second-order valence-corrected chi connectivity index (χ2v) is 5.70. The summed E-state index contributed by atoms with van der Waals surface area (Å²) < 4.78 is 0. The Morgan fingerprint density at radius 1 is 1.43 bits per heavy atom. The molecule has 0 radical (unpaired) electrons. The topological polar surface area (TPSA) is 29.1 Å². The van der Waals surface area contributed by atoms with Crippen molar-refractivity contribution in [2.75, 3.05) is 0 Å². The number of hydrogen-bond donors (Lipinski definition) is 2. The van der Waals surface area contributed by atoms with Gasteiger partial charge in [-0.2, -0.15) is 0 Å². The third-order valence-electron chi connectivity index (χ3n) is 2.04. The first kappa shape index (κ1) is 14.2. The summed E-state index contributed by atoms with van der Waals surface area (Å²) in [5.74, 6) is 0. The maximum Gasteiger partial charge on any atom is 0.217 e. The summed E-state index contributed by atoms with van der Waals surface area (Å²) in [6.45, 7) is 10.6. The molecule has 0 aromatic rings. The van der Waals surface area contributed by atoms with Gasteiger partial charge in [0, 0.05) is 10.9 Å². The van der Waals surface area contributed by atoms with E-state index in [0.717, 1.165) is 0 Å². The molecule has 0 heterocycles. The van der Waals surface area contributed by atoms with Gasteiger partial charge in [-0.3, -0.25) is 0 Å². The van der Waals surface area contributed by atoms with Crippen molar-refractivity contribution in [3.05, 3.63) is 0 Å². The van der Waals surface area contributed by atoms with Crippen LogP contribution < -0.4 is 5.32 Å². The van der Waals surface area contributed by atoms with Crippen molar-refractivity contribution in [3.63, 3.8) is 0 Å². The molecule has 1 atom stereocenters. The largest absolute Gasteiger partial charge is 0.314 e. The highest BCUT2D eigenvalue weighted by Gasteiger charge is 2.37. The molecule has 0 aliphatic carbocycles. The van der Waals surface area contributed by atoms with Crippen LogP contribution in [0.5, 0.6) is 0 Å². The normalized spacial score (nSPS) is 15.9. The van der Waals surface area contributed by atoms with Crippen molar-refractivity contribution in [1.82, 2.24) is 5.32 Å². The van der Waals surface area contributed by atoms with Crippen LogP contribution in [0.15, 0.2) is 0 Å². The smallest absolute Gasteiger partial charge is 0.217 e. The number of hydrogen-bond acceptors (Lipinski definition) is 3. The molecule has 0 aliphatic rings. The second kappa shape index (κ2) is 4.80. The summed E-state index contributed by atoms with van der Waals surface area (Å²) in [6, 6.07) is 0. The van der Waals surface area contributed by atoms with E-state index in [9.17, 15) is 4.79 Å². The Bertz CT molecular complexity index is 217. The molecule has 1 N–H and O–H groups in total. The van der Waals surface area contributed by atoms with E-state index in [1.807, 2.05) is 21.5 Å². The Labute approximate surface area is 95.0 Å². The molecule has 0 rings (SSSR count). The van der Waals surface area contributed by atoms with Crippen LogP contribution in [-0.4, -0.2) is 37.7 Å². The maximum absolute atomic E-state index is 12.0. The fourth-order valence-corrected chi connectivity index (χ4v) is 1.88. The van der Waals surface area contributed by atoms with Crippen LogP contribution in [0.1, 0.15) is 20.8 Å². The summed E-state index contributed by atoms with van der Waals surface area (Å²) in [7, 11) is 1.92. The maximum atomic E-state index is 12.0. The summed E-state index contributed by atoms with van der Waals surface area (Å²) in [6.07, 6.45) is 0. The monoisotopic (exact) mass is 211 g/mol. The van der Waals surface area contributed by atoms with Gasteiger partial charge in [-0.15, -0.1) is 0 Å². The molecule has 0 saturated carbocycles. The Balaban J connectivity index is 4.72. The number of nitrogens with one attached hydrogen (secondary N) is 1. The van der Waals surface area contributed by atoms with Crippen LogP contribution in [-0.2, 0) is 4.79 Å². The van der Waals surface area contributed by atoms with Crippen LogP contribution >= 0.6 is 12.5 Å². The molecule has 14 heavy (non-hydrogen) atoms. The van der Waals surface area contributed by atoms with Crippen molar-refractivity contribution in [3.8, 4) is 0 Å². The van der Waals surface area contributed by atoms with E-state index in [1.165, 1.54) is 0 Å². The van der Waals surface area contributed by atoms with Crippen LogP contribution in [0.25, 0.3) is 0 Å². The van der Waals surface area contributed by atoms with Crippen molar-refractivity contribution in [2.24, 2.45) is 0 Å². The van der Waals surface area contributed by atoms with Crippen LogP contribution in [0.3, 0.4) is 0 Å². The highest BCUT2D eigenvalue weighted by molar-refractivity contribution is 8.07. The standard InChI is InChI=1S/C8H20B3NOS/c1-7(2,3)12-8(9,10-14)6(13)11(4)5/h10,12,14H,9H2,1-5H3. The molecule has 0 fully saturated rings. The van der Waals surface area contributed by atoms with E-state index >= 15 is 0 Å². The van der Waals surface area contributed by atoms with E-state index < -0.39 is 5.34 Å². The van der Waals surface area contributed by atoms with Gasteiger partial charge in [0.1, 0.15) is 7.85 Å². The highest BCUT2D eigenvalue weighted by Crippen LogP contribution is 2.11. The third-order valence-corrected chi connectivity index (χ3v) is 2.67. The minimum absolute atomic E-state index is 0.0435. The van der Waals surface area contributed by atoms with E-state index in [0.29, 0.717) is 6.56 Å². The lowest BCUT2D eigenvalue weighted by molar-refractivity contribution is -0.113. The first-order chi connectivity index (χ1) is 6.12. The first-order valence-electron chi connectivity index (χ1n) is 5.07. The van der Waals surface area contributed by atoms with Gasteiger partial charge in [0.25, 0.3) is 0 Å². The predicted octanol–water partition coefficient (Wildman–Crippen LogP) is -0.195. The summed E-state index contributed by atoms with van der Waals surface area (Å²) >= 11 is 4.26. The third kappa shape index (κ3) is 4.14. The molecule has 0 amide bonds. The van der Waals surface area contributed by atoms with E-state index in [-0.39, 0.29) is 17.9 Å². The molecule has 0 aromatic carbocycles. The highest BCUT2D eigenvalue weighted by atomic mass is 32.1. The van der Waals surface area contributed by atoms with Gasteiger partial charge in [0.15, 0.2) is 0 Å². The van der Waals surface area contributed by atoms with Gasteiger partial charge in [-0.1, -0.05) is 13.6 Å². The van der Waals surface area contributed by atoms with E-state index in [4.69, 9.17) is 0 Å².